The Hall–Kier alpha value is -1.51. The summed E-state index contributed by atoms with van der Waals surface area (Å²) in [6.45, 7) is 0. The number of nitrogens with zero attached hydrogens (tertiary/aromatic N) is 2. The highest BCUT2D eigenvalue weighted by molar-refractivity contribution is 8.66. The maximum atomic E-state index is 5.90. The van der Waals surface area contributed by atoms with Crippen LogP contribution in [0.4, 0.5) is 0 Å². The SMILES string of the molecule is SOC(c1ccc(-c2ccc(C(OSS)C3CCCCC3)nc2)cc1)c1ccccn1. The maximum absolute atomic E-state index is 5.90. The number of benzene rings is 1. The maximum Gasteiger partial charge on any atom is 0.139 e. The van der Waals surface area contributed by atoms with Crippen molar-refractivity contribution in [3.05, 3.63) is 83.9 Å². The molecule has 1 aliphatic rings. The van der Waals surface area contributed by atoms with Gasteiger partial charge in [0.25, 0.3) is 0 Å². The zero-order valence-electron chi connectivity index (χ0n) is 17.1. The van der Waals surface area contributed by atoms with Crippen LogP contribution >= 0.6 is 35.6 Å². The number of aromatic nitrogens is 2. The highest BCUT2D eigenvalue weighted by Crippen LogP contribution is 2.39. The largest absolute Gasteiger partial charge is 0.304 e. The van der Waals surface area contributed by atoms with Crippen molar-refractivity contribution < 1.29 is 8.37 Å². The van der Waals surface area contributed by atoms with Crippen LogP contribution in [0.2, 0.25) is 0 Å². The summed E-state index contributed by atoms with van der Waals surface area (Å²) in [7, 11) is 0. The zero-order valence-corrected chi connectivity index (χ0v) is 19.7. The lowest BCUT2D eigenvalue weighted by atomic mass is 9.84. The summed E-state index contributed by atoms with van der Waals surface area (Å²) in [5.41, 5.74) is 4.97. The topological polar surface area (TPSA) is 44.2 Å². The summed E-state index contributed by atoms with van der Waals surface area (Å²) >= 11 is 9.41. The number of hydrogen-bond donors (Lipinski definition) is 2. The van der Waals surface area contributed by atoms with Crippen molar-refractivity contribution in [2.75, 3.05) is 0 Å². The molecular weight excluding hydrogens is 444 g/mol. The fourth-order valence-corrected chi connectivity index (χ4v) is 5.12. The summed E-state index contributed by atoms with van der Waals surface area (Å²) in [5, 5.41) is 0. The van der Waals surface area contributed by atoms with Crippen molar-refractivity contribution in [1.29, 1.82) is 0 Å². The lowest BCUT2D eigenvalue weighted by molar-refractivity contribution is 0.130. The van der Waals surface area contributed by atoms with Gasteiger partial charge in [0.1, 0.15) is 12.2 Å². The average molecular weight is 471 g/mol. The first-order valence-corrected chi connectivity index (χ1v) is 12.7. The minimum Gasteiger partial charge on any atom is -0.304 e. The van der Waals surface area contributed by atoms with Crippen molar-refractivity contribution in [1.82, 2.24) is 9.97 Å². The molecule has 0 saturated heterocycles. The number of thiol groups is 2. The first-order valence-electron chi connectivity index (χ1n) is 10.5. The third kappa shape index (κ3) is 5.65. The van der Waals surface area contributed by atoms with E-state index in [-0.39, 0.29) is 12.2 Å². The fourth-order valence-electron chi connectivity index (χ4n) is 4.26. The molecule has 0 radical (unpaired) electrons. The molecule has 0 spiro atoms. The van der Waals surface area contributed by atoms with E-state index in [9.17, 15) is 0 Å². The van der Waals surface area contributed by atoms with E-state index in [4.69, 9.17) is 13.4 Å². The number of hydrogen-bond acceptors (Lipinski definition) is 7. The van der Waals surface area contributed by atoms with E-state index in [2.05, 4.69) is 53.8 Å². The molecule has 2 atom stereocenters. The second-order valence-corrected chi connectivity index (χ2v) is 8.82. The molecule has 0 N–H and O–H groups in total. The summed E-state index contributed by atoms with van der Waals surface area (Å²) in [4.78, 5) is 9.14. The van der Waals surface area contributed by atoms with Crippen molar-refractivity contribution in [2.45, 2.75) is 44.3 Å². The molecule has 7 heteroatoms. The van der Waals surface area contributed by atoms with E-state index in [0.29, 0.717) is 5.92 Å². The van der Waals surface area contributed by atoms with Crippen LogP contribution in [0, 0.1) is 5.92 Å². The molecule has 1 fully saturated rings. The van der Waals surface area contributed by atoms with Gasteiger partial charge in [-0.3, -0.25) is 14.2 Å². The van der Waals surface area contributed by atoms with Crippen LogP contribution in [-0.2, 0) is 8.37 Å². The molecule has 4 rings (SSSR count). The van der Waals surface area contributed by atoms with Crippen LogP contribution < -0.4 is 0 Å². The lowest BCUT2D eigenvalue weighted by Gasteiger charge is -2.28. The van der Waals surface area contributed by atoms with Gasteiger partial charge in [0.05, 0.1) is 22.5 Å². The van der Waals surface area contributed by atoms with Crippen molar-refractivity contribution >= 4 is 35.6 Å². The summed E-state index contributed by atoms with van der Waals surface area (Å²) in [5.74, 6) is 0.510. The van der Waals surface area contributed by atoms with Crippen LogP contribution in [0.3, 0.4) is 0 Å². The highest BCUT2D eigenvalue weighted by atomic mass is 33.1. The first-order chi connectivity index (χ1) is 15.3. The number of rotatable bonds is 8. The van der Waals surface area contributed by atoms with E-state index >= 15 is 0 Å². The van der Waals surface area contributed by atoms with Gasteiger partial charge in [0.15, 0.2) is 0 Å². The Kier molecular flexibility index (Phi) is 8.33. The van der Waals surface area contributed by atoms with Crippen LogP contribution in [-0.4, -0.2) is 9.97 Å². The normalized spacial score (nSPS) is 16.7. The predicted molar refractivity (Wildman–Crippen MR) is 133 cm³/mol. The average Bonchev–Trinajstić information content (AvgIpc) is 2.85. The Labute approximate surface area is 198 Å². The molecule has 0 amide bonds. The molecule has 1 aliphatic carbocycles. The van der Waals surface area contributed by atoms with Crippen molar-refractivity contribution in [3.63, 3.8) is 0 Å². The first kappa shape index (κ1) is 22.7. The van der Waals surface area contributed by atoms with Gasteiger partial charge in [0, 0.05) is 18.0 Å². The second kappa shape index (κ2) is 11.4. The molecule has 2 heterocycles. The van der Waals surface area contributed by atoms with Gasteiger partial charge in [-0.25, -0.2) is 0 Å². The quantitative estimate of drug-likeness (QED) is 0.207. The molecule has 0 bridgehead atoms. The van der Waals surface area contributed by atoms with Gasteiger partial charge in [-0.15, -0.1) is 0 Å². The van der Waals surface area contributed by atoms with Gasteiger partial charge < -0.3 is 4.18 Å². The third-order valence-corrected chi connectivity index (χ3v) is 6.67. The van der Waals surface area contributed by atoms with E-state index in [0.717, 1.165) is 39.2 Å². The summed E-state index contributed by atoms with van der Waals surface area (Å²) < 4.78 is 11.3. The van der Waals surface area contributed by atoms with Crippen molar-refractivity contribution in [3.8, 4) is 11.1 Å². The Balaban J connectivity index is 1.51. The Morgan fingerprint density at radius 1 is 0.871 bits per heavy atom. The van der Waals surface area contributed by atoms with Gasteiger partial charge in [-0.2, -0.15) is 0 Å². The van der Waals surface area contributed by atoms with Gasteiger partial charge in [-0.05, 0) is 61.0 Å². The molecule has 2 aromatic heterocycles. The lowest BCUT2D eigenvalue weighted by Crippen LogP contribution is -2.18. The minimum atomic E-state index is -0.314. The second-order valence-electron chi connectivity index (χ2n) is 7.82. The van der Waals surface area contributed by atoms with Gasteiger partial charge in [-0.1, -0.05) is 67.3 Å². The standard InChI is InChI=1S/C24H26N2O2S3/c29-27-23(21-8-4-5-15-25-21)19-11-9-17(10-12-19)20-13-14-22(26-16-20)24(28-31-30)18-6-2-1-3-7-18/h4-5,8-16,18,23-24,29-30H,1-3,6-7H2. The molecule has 3 aromatic rings. The van der Waals surface area contributed by atoms with Gasteiger partial charge in [0.2, 0.25) is 0 Å². The van der Waals surface area contributed by atoms with E-state index in [1.807, 2.05) is 36.5 Å². The highest BCUT2D eigenvalue weighted by Gasteiger charge is 2.27. The van der Waals surface area contributed by atoms with Crippen LogP contribution in [0.1, 0.15) is 61.3 Å². The van der Waals surface area contributed by atoms with E-state index in [1.54, 1.807) is 6.20 Å². The van der Waals surface area contributed by atoms with Crippen molar-refractivity contribution in [2.24, 2.45) is 5.92 Å². The Morgan fingerprint density at radius 2 is 1.65 bits per heavy atom. The molecule has 1 aromatic carbocycles. The molecule has 31 heavy (non-hydrogen) atoms. The number of pyridine rings is 2. The van der Waals surface area contributed by atoms with E-state index < -0.39 is 0 Å². The molecule has 4 nitrogen and oxygen atoms in total. The molecular formula is C24H26N2O2S3. The Morgan fingerprint density at radius 3 is 2.26 bits per heavy atom. The Bertz CT molecular complexity index is 933. The predicted octanol–water partition coefficient (Wildman–Crippen LogP) is 7.23. The zero-order chi connectivity index (χ0) is 21.5. The summed E-state index contributed by atoms with van der Waals surface area (Å²) in [6, 6.07) is 18.2. The minimum absolute atomic E-state index is 0.00843. The molecule has 1 saturated carbocycles. The third-order valence-electron chi connectivity index (χ3n) is 5.91. The monoisotopic (exact) mass is 470 g/mol. The molecule has 162 valence electrons. The van der Waals surface area contributed by atoms with Gasteiger partial charge >= 0.3 is 0 Å². The molecule has 0 aliphatic heterocycles. The molecule has 2 unspecified atom stereocenters. The fraction of sp³-hybridized carbons (Fsp3) is 0.333. The van der Waals surface area contributed by atoms with Crippen LogP contribution in [0.5, 0.6) is 0 Å². The van der Waals surface area contributed by atoms with E-state index in [1.165, 1.54) is 32.1 Å². The van der Waals surface area contributed by atoms with Crippen LogP contribution in [0.15, 0.2) is 67.0 Å². The summed E-state index contributed by atoms with van der Waals surface area (Å²) in [6.07, 6.45) is 9.59. The van der Waals surface area contributed by atoms with Crippen LogP contribution in [0.25, 0.3) is 11.1 Å². The smallest absolute Gasteiger partial charge is 0.139 e.